The van der Waals surface area contributed by atoms with Crippen LogP contribution in [-0.2, 0) is 0 Å². The largest absolute Gasteiger partial charge is 0.121 e. The number of benzene rings is 5. The van der Waals surface area contributed by atoms with Gasteiger partial charge in [-0.3, -0.25) is 0 Å². The molecule has 4 heteroatoms. The van der Waals surface area contributed by atoms with Gasteiger partial charge >= 0.3 is 0 Å². The van der Waals surface area contributed by atoms with Crippen molar-refractivity contribution < 1.29 is 0 Å². The summed E-state index contributed by atoms with van der Waals surface area (Å²) in [6.07, 6.45) is 0. The van der Waals surface area contributed by atoms with Crippen molar-refractivity contribution in [2.75, 3.05) is 0 Å². The fourth-order valence-corrected chi connectivity index (χ4v) is 20.0. The first kappa shape index (κ1) is 21.5. The van der Waals surface area contributed by atoms with Crippen molar-refractivity contribution in [1.29, 1.82) is 0 Å². The molecule has 0 spiro atoms. The molecule has 4 bridgehead atoms. The third-order valence-corrected chi connectivity index (χ3v) is 21.4. The van der Waals surface area contributed by atoms with E-state index in [-0.39, 0.29) is 0 Å². The van der Waals surface area contributed by atoms with E-state index in [0.29, 0.717) is 0 Å². The lowest BCUT2D eigenvalue weighted by Gasteiger charge is -2.29. The predicted octanol–water partition coefficient (Wildman–Crippen LogP) is 1.13. The molecule has 6 rings (SSSR count). The molecular weight excluding hydrogens is 473 g/mol. The van der Waals surface area contributed by atoms with Crippen LogP contribution < -0.4 is 36.3 Å². The summed E-state index contributed by atoms with van der Waals surface area (Å²) in [6, 6.07) is 53.2. The van der Waals surface area contributed by atoms with Crippen molar-refractivity contribution in [2.45, 2.75) is 0 Å². The smallest absolute Gasteiger partial charge is 0.0668 e. The number of rotatable bonds is 3. The van der Waals surface area contributed by atoms with E-state index in [4.69, 9.17) is 0 Å². The molecule has 1 heterocycles. The maximum Gasteiger partial charge on any atom is 0.121 e. The van der Waals surface area contributed by atoms with Crippen molar-refractivity contribution in [3.05, 3.63) is 140 Å². The predicted molar refractivity (Wildman–Crippen MR) is 153 cm³/mol. The van der Waals surface area contributed by atoms with Crippen LogP contribution in [0.3, 0.4) is 0 Å². The zero-order valence-electron chi connectivity index (χ0n) is 18.8. The highest BCUT2D eigenvalue weighted by Gasteiger charge is 2.34. The Bertz CT molecular complexity index is 1390. The minimum atomic E-state index is -1.03. The molecule has 0 atom stereocenters. The monoisotopic (exact) mass is 495 g/mol. The van der Waals surface area contributed by atoms with Gasteiger partial charge in [-0.25, -0.2) is 0 Å². The maximum absolute atomic E-state index is 2.59. The highest BCUT2D eigenvalue weighted by molar-refractivity contribution is 7.42. The molecule has 1 aliphatic heterocycles. The molecule has 5 radical (unpaired) electrons. The van der Waals surface area contributed by atoms with E-state index in [1.165, 1.54) is 20.7 Å². The SMILES string of the molecule is c1ccc([Si]2[Si]c3cccc(c3)[Si](c3ccccc3)[Si](c3ccccc3)c3cccc2c3)cc1. The van der Waals surface area contributed by atoms with E-state index in [1.54, 1.807) is 15.6 Å². The molecule has 0 nitrogen and oxygen atoms in total. The van der Waals surface area contributed by atoms with E-state index in [2.05, 4.69) is 140 Å². The highest BCUT2D eigenvalue weighted by atomic mass is 29.2. The van der Waals surface area contributed by atoms with Gasteiger partial charge in [0, 0.05) is 0 Å². The Morgan fingerprint density at radius 1 is 0.353 bits per heavy atom. The number of hydrogen-bond acceptors (Lipinski definition) is 0. The summed E-state index contributed by atoms with van der Waals surface area (Å²) < 4.78 is 0. The van der Waals surface area contributed by atoms with Crippen LogP contribution in [0.5, 0.6) is 0 Å². The first-order valence-corrected chi connectivity index (χ1v) is 19.1. The summed E-state index contributed by atoms with van der Waals surface area (Å²) in [6.45, 7) is 0. The molecule has 34 heavy (non-hydrogen) atoms. The van der Waals surface area contributed by atoms with Crippen molar-refractivity contribution in [3.8, 4) is 0 Å². The fraction of sp³-hybridized carbons (Fsp3) is 0. The van der Waals surface area contributed by atoms with E-state index in [1.807, 2.05) is 0 Å². The first-order chi connectivity index (χ1) is 16.9. The van der Waals surface area contributed by atoms with Gasteiger partial charge in [-0.1, -0.05) is 176 Å². The van der Waals surface area contributed by atoms with Crippen LogP contribution in [0, 0.1) is 0 Å². The third kappa shape index (κ3) is 4.26. The van der Waals surface area contributed by atoms with Crippen LogP contribution in [-0.4, -0.2) is 34.0 Å². The van der Waals surface area contributed by atoms with Gasteiger partial charge < -0.3 is 0 Å². The lowest BCUT2D eigenvalue weighted by molar-refractivity contribution is 1.73. The van der Waals surface area contributed by atoms with E-state index in [9.17, 15) is 0 Å². The molecule has 0 saturated carbocycles. The molecular formula is C30H23Si4. The average Bonchev–Trinajstić information content (AvgIpc) is 2.91. The van der Waals surface area contributed by atoms with Gasteiger partial charge in [0.05, 0.1) is 9.04 Å². The van der Waals surface area contributed by atoms with Crippen LogP contribution in [0.4, 0.5) is 0 Å². The fourth-order valence-electron chi connectivity index (χ4n) is 4.76. The second kappa shape index (κ2) is 9.68. The summed E-state index contributed by atoms with van der Waals surface area (Å²) in [5.74, 6) is 0. The summed E-state index contributed by atoms with van der Waals surface area (Å²) in [7, 11) is -2.12. The molecule has 0 aliphatic carbocycles. The highest BCUT2D eigenvalue weighted by Crippen LogP contribution is 2.03. The Morgan fingerprint density at radius 3 is 1.38 bits per heavy atom. The lowest BCUT2D eigenvalue weighted by atomic mass is 10.3. The first-order valence-electron chi connectivity index (χ1n) is 11.6. The van der Waals surface area contributed by atoms with E-state index in [0.717, 1.165) is 9.04 Å². The van der Waals surface area contributed by atoms with Crippen LogP contribution >= 0.6 is 0 Å². The minimum Gasteiger partial charge on any atom is -0.0668 e. The molecule has 5 aromatic carbocycles. The second-order valence-electron chi connectivity index (χ2n) is 8.51. The van der Waals surface area contributed by atoms with E-state index >= 15 is 0 Å². The van der Waals surface area contributed by atoms with Crippen LogP contribution in [0.15, 0.2) is 140 Å². The molecule has 0 fully saturated rings. The quantitative estimate of drug-likeness (QED) is 0.329. The zero-order chi connectivity index (χ0) is 22.7. The summed E-state index contributed by atoms with van der Waals surface area (Å²) in [5, 5.41) is 10.7. The molecule has 0 unspecified atom stereocenters. The van der Waals surface area contributed by atoms with Gasteiger partial charge in [0.25, 0.3) is 0 Å². The van der Waals surface area contributed by atoms with Gasteiger partial charge in [0.15, 0.2) is 0 Å². The van der Waals surface area contributed by atoms with Crippen molar-refractivity contribution in [3.63, 3.8) is 0 Å². The molecule has 5 aromatic rings. The molecule has 0 saturated heterocycles. The Hall–Kier alpha value is -3.03. The van der Waals surface area contributed by atoms with Gasteiger partial charge in [0.1, 0.15) is 24.9 Å². The number of hydrogen-bond donors (Lipinski definition) is 0. The second-order valence-corrected chi connectivity index (χ2v) is 20.3. The van der Waals surface area contributed by atoms with E-state index < -0.39 is 24.9 Å². The Kier molecular flexibility index (Phi) is 6.12. The third-order valence-electron chi connectivity index (χ3n) is 6.30. The van der Waals surface area contributed by atoms with Gasteiger partial charge in [-0.15, -0.1) is 0 Å². The van der Waals surface area contributed by atoms with Crippen LogP contribution in [0.1, 0.15) is 0 Å². The van der Waals surface area contributed by atoms with Crippen molar-refractivity contribution in [2.24, 2.45) is 0 Å². The van der Waals surface area contributed by atoms with Gasteiger partial charge in [-0.2, -0.15) is 0 Å². The average molecular weight is 496 g/mol. The molecule has 0 aromatic heterocycles. The summed E-state index contributed by atoms with van der Waals surface area (Å²) in [5.41, 5.74) is 0. The zero-order valence-corrected chi connectivity index (χ0v) is 22.8. The normalized spacial score (nSPS) is 14.6. The minimum absolute atomic E-state index is 0.813. The summed E-state index contributed by atoms with van der Waals surface area (Å²) >= 11 is 0. The van der Waals surface area contributed by atoms with Gasteiger partial charge in [0.2, 0.25) is 0 Å². The van der Waals surface area contributed by atoms with Crippen LogP contribution in [0.25, 0.3) is 0 Å². The standard InChI is InChI=1S/C30H23Si4/c1-4-13-25(14-5-1)32-28-19-11-21-30(23-28)34(27-17-8-3-9-18-27)33(26-15-6-2-7-16-26)29-20-10-12-24(22-29)31-32/h1-23H. The molecule has 1 aliphatic rings. The van der Waals surface area contributed by atoms with Crippen molar-refractivity contribution in [1.82, 2.24) is 0 Å². The topological polar surface area (TPSA) is 0 Å². The van der Waals surface area contributed by atoms with Gasteiger partial charge in [-0.05, 0) is 0 Å². The summed E-state index contributed by atoms with van der Waals surface area (Å²) in [4.78, 5) is 0. The molecule has 0 amide bonds. The lowest BCUT2D eigenvalue weighted by Crippen LogP contribution is -2.67. The van der Waals surface area contributed by atoms with Crippen molar-refractivity contribution >= 4 is 70.3 Å². The molecule has 159 valence electrons. The molecule has 0 N–H and O–H groups in total. The van der Waals surface area contributed by atoms with Crippen LogP contribution in [0.2, 0.25) is 0 Å². The Labute approximate surface area is 209 Å². The maximum atomic E-state index is 2.59. The Balaban J connectivity index is 1.62. The Morgan fingerprint density at radius 2 is 0.794 bits per heavy atom. The number of fused-ring (bicyclic) bond motifs is 4.